The topological polar surface area (TPSA) is 74.6 Å². The van der Waals surface area contributed by atoms with E-state index in [9.17, 15) is 19.8 Å². The lowest BCUT2D eigenvalue weighted by Gasteiger charge is -2.22. The van der Waals surface area contributed by atoms with Crippen molar-refractivity contribution in [2.75, 3.05) is 13.2 Å². The molecular weight excluding hydrogens is 376 g/mol. The first-order valence-electron chi connectivity index (χ1n) is 12.4. The number of Topliss-reactive ketones (excluding diaryl/α,β-unsaturated/α-hetero) is 2. The Bertz CT molecular complexity index is 515. The monoisotopic (exact) mass is 422 g/mol. The van der Waals surface area contributed by atoms with Gasteiger partial charge in [0.2, 0.25) is 0 Å². The van der Waals surface area contributed by atoms with Gasteiger partial charge in [0.15, 0.2) is 0 Å². The van der Waals surface area contributed by atoms with Crippen LogP contribution < -0.4 is 0 Å². The van der Waals surface area contributed by atoms with Gasteiger partial charge in [0, 0.05) is 36.9 Å². The minimum Gasteiger partial charge on any atom is -0.396 e. The van der Waals surface area contributed by atoms with Crippen LogP contribution in [0.5, 0.6) is 0 Å². The van der Waals surface area contributed by atoms with E-state index in [1.54, 1.807) is 0 Å². The maximum atomic E-state index is 12.8. The summed E-state index contributed by atoms with van der Waals surface area (Å²) in [4.78, 5) is 25.6. The molecule has 0 radical (unpaired) electrons. The summed E-state index contributed by atoms with van der Waals surface area (Å²) in [6, 6.07) is 0. The summed E-state index contributed by atoms with van der Waals surface area (Å²) >= 11 is 0. The lowest BCUT2D eigenvalue weighted by Crippen LogP contribution is -2.20. The van der Waals surface area contributed by atoms with E-state index in [-0.39, 0.29) is 47.7 Å². The maximum absolute atomic E-state index is 12.8. The number of hydrogen-bond acceptors (Lipinski definition) is 4. The average Bonchev–Trinajstić information content (AvgIpc) is 3.23. The first kappa shape index (κ1) is 25.5. The van der Waals surface area contributed by atoms with E-state index in [4.69, 9.17) is 0 Å². The van der Waals surface area contributed by atoms with Crippen LogP contribution in [0.1, 0.15) is 105 Å². The molecule has 4 nitrogen and oxygen atoms in total. The lowest BCUT2D eigenvalue weighted by molar-refractivity contribution is -0.126. The number of aliphatic hydroxyl groups excluding tert-OH is 2. The molecule has 0 amide bonds. The Kier molecular flexibility index (Phi) is 9.55. The smallest absolute Gasteiger partial charge is 0.139 e. The fourth-order valence-corrected chi connectivity index (χ4v) is 5.40. The average molecular weight is 423 g/mol. The van der Waals surface area contributed by atoms with Crippen molar-refractivity contribution in [1.82, 2.24) is 0 Å². The first-order valence-corrected chi connectivity index (χ1v) is 12.4. The zero-order chi connectivity index (χ0) is 22.4. The zero-order valence-corrected chi connectivity index (χ0v) is 19.9. The van der Waals surface area contributed by atoms with Crippen LogP contribution in [-0.4, -0.2) is 35.0 Å². The Hall–Kier alpha value is -0.740. The Labute approximate surface area is 184 Å². The molecule has 2 rings (SSSR count). The molecule has 4 heteroatoms. The molecule has 2 N–H and O–H groups in total. The molecule has 0 aromatic rings. The number of carbonyl (C=O) groups excluding carboxylic acids is 2. The summed E-state index contributed by atoms with van der Waals surface area (Å²) in [7, 11) is 0. The van der Waals surface area contributed by atoms with Crippen LogP contribution in [0.2, 0.25) is 0 Å². The van der Waals surface area contributed by atoms with Gasteiger partial charge in [-0.05, 0) is 75.0 Å². The van der Waals surface area contributed by atoms with Crippen molar-refractivity contribution in [3.63, 3.8) is 0 Å². The summed E-state index contributed by atoms with van der Waals surface area (Å²) in [5, 5.41) is 18.8. The van der Waals surface area contributed by atoms with Gasteiger partial charge in [0.25, 0.3) is 0 Å². The molecule has 0 heterocycles. The summed E-state index contributed by atoms with van der Waals surface area (Å²) < 4.78 is 0. The Balaban J connectivity index is 1.68. The van der Waals surface area contributed by atoms with Crippen LogP contribution in [0, 0.1) is 34.5 Å². The molecule has 2 fully saturated rings. The second-order valence-corrected chi connectivity index (χ2v) is 11.8. The molecule has 2 aliphatic carbocycles. The van der Waals surface area contributed by atoms with E-state index >= 15 is 0 Å². The van der Waals surface area contributed by atoms with Gasteiger partial charge in [-0.1, -0.05) is 40.5 Å². The second kappa shape index (κ2) is 11.2. The van der Waals surface area contributed by atoms with Gasteiger partial charge in [-0.15, -0.1) is 0 Å². The molecule has 30 heavy (non-hydrogen) atoms. The standard InChI is InChI=1S/C26H46O4/c1-25(2,17-27)15-5-7-19-9-11-21(23(19)29)13-14-22-12-10-20(24(22)30)8-6-16-26(3,4)18-28/h19-22,27-28H,5-18H2,1-4H3. The Morgan fingerprint density at radius 1 is 0.633 bits per heavy atom. The van der Waals surface area contributed by atoms with Gasteiger partial charge >= 0.3 is 0 Å². The van der Waals surface area contributed by atoms with Crippen LogP contribution >= 0.6 is 0 Å². The van der Waals surface area contributed by atoms with Crippen molar-refractivity contribution >= 4 is 11.6 Å². The van der Waals surface area contributed by atoms with Crippen molar-refractivity contribution in [3.05, 3.63) is 0 Å². The van der Waals surface area contributed by atoms with Gasteiger partial charge in [-0.25, -0.2) is 0 Å². The molecule has 0 aromatic carbocycles. The van der Waals surface area contributed by atoms with Gasteiger partial charge in [-0.3, -0.25) is 9.59 Å². The number of rotatable bonds is 13. The number of aliphatic hydroxyl groups is 2. The molecule has 0 bridgehead atoms. The maximum Gasteiger partial charge on any atom is 0.139 e. The highest BCUT2D eigenvalue weighted by Crippen LogP contribution is 2.39. The third-order valence-electron chi connectivity index (χ3n) is 7.87. The van der Waals surface area contributed by atoms with Crippen molar-refractivity contribution in [2.45, 2.75) is 105 Å². The molecule has 2 aliphatic rings. The summed E-state index contributed by atoms with van der Waals surface area (Å²) in [6.07, 6.45) is 11.6. The van der Waals surface area contributed by atoms with E-state index in [0.29, 0.717) is 11.6 Å². The minimum absolute atomic E-state index is 0.0473. The predicted octanol–water partition coefficient (Wildman–Crippen LogP) is 5.33. The summed E-state index contributed by atoms with van der Waals surface area (Å²) in [5.41, 5.74) is -0.0947. The largest absolute Gasteiger partial charge is 0.396 e. The van der Waals surface area contributed by atoms with E-state index in [2.05, 4.69) is 27.7 Å². The Morgan fingerprint density at radius 3 is 1.23 bits per heavy atom. The molecule has 0 saturated heterocycles. The van der Waals surface area contributed by atoms with Gasteiger partial charge in [-0.2, -0.15) is 0 Å². The van der Waals surface area contributed by atoms with E-state index in [0.717, 1.165) is 77.0 Å². The van der Waals surface area contributed by atoms with Crippen LogP contribution in [0.3, 0.4) is 0 Å². The van der Waals surface area contributed by atoms with Crippen LogP contribution in [-0.2, 0) is 9.59 Å². The molecule has 2 saturated carbocycles. The second-order valence-electron chi connectivity index (χ2n) is 11.8. The summed E-state index contributed by atoms with van der Waals surface area (Å²) in [6.45, 7) is 8.70. The Morgan fingerprint density at radius 2 is 0.933 bits per heavy atom. The van der Waals surface area contributed by atoms with Crippen molar-refractivity contribution in [1.29, 1.82) is 0 Å². The molecule has 0 spiro atoms. The quantitative estimate of drug-likeness (QED) is 0.420. The zero-order valence-electron chi connectivity index (χ0n) is 19.9. The number of hydrogen-bond donors (Lipinski definition) is 2. The first-order chi connectivity index (χ1) is 14.1. The van der Waals surface area contributed by atoms with Crippen molar-refractivity contribution in [2.24, 2.45) is 34.5 Å². The van der Waals surface area contributed by atoms with Crippen molar-refractivity contribution < 1.29 is 19.8 Å². The molecular formula is C26H46O4. The minimum atomic E-state index is -0.0473. The van der Waals surface area contributed by atoms with Crippen molar-refractivity contribution in [3.8, 4) is 0 Å². The number of ketones is 2. The lowest BCUT2D eigenvalue weighted by atomic mass is 9.85. The predicted molar refractivity (Wildman–Crippen MR) is 121 cm³/mol. The molecule has 4 atom stereocenters. The van der Waals surface area contributed by atoms with Gasteiger partial charge in [0.1, 0.15) is 11.6 Å². The van der Waals surface area contributed by atoms with Gasteiger partial charge in [0.05, 0.1) is 0 Å². The van der Waals surface area contributed by atoms with Gasteiger partial charge < -0.3 is 10.2 Å². The summed E-state index contributed by atoms with van der Waals surface area (Å²) in [5.74, 6) is 1.60. The van der Waals surface area contributed by atoms with Crippen LogP contribution in [0.4, 0.5) is 0 Å². The fourth-order valence-electron chi connectivity index (χ4n) is 5.40. The highest BCUT2D eigenvalue weighted by molar-refractivity contribution is 5.86. The number of carbonyl (C=O) groups is 2. The van der Waals surface area contributed by atoms with E-state index in [1.807, 2.05) is 0 Å². The fraction of sp³-hybridized carbons (Fsp3) is 0.923. The van der Waals surface area contributed by atoms with Crippen LogP contribution in [0.15, 0.2) is 0 Å². The highest BCUT2D eigenvalue weighted by Gasteiger charge is 2.37. The SMILES string of the molecule is CC(C)(CO)CCCC1CCC(CCC2CCC(CCCC(C)(C)CO)C2=O)C1=O. The van der Waals surface area contributed by atoms with Crippen LogP contribution in [0.25, 0.3) is 0 Å². The molecule has 0 aromatic heterocycles. The third kappa shape index (κ3) is 7.44. The highest BCUT2D eigenvalue weighted by atomic mass is 16.3. The molecule has 0 aliphatic heterocycles. The van der Waals surface area contributed by atoms with E-state index in [1.165, 1.54) is 0 Å². The third-order valence-corrected chi connectivity index (χ3v) is 7.87. The molecule has 4 unspecified atom stereocenters. The normalized spacial score (nSPS) is 27.9. The van der Waals surface area contributed by atoms with E-state index < -0.39 is 0 Å². The molecule has 174 valence electrons.